The number of pyridine rings is 1. The van der Waals surface area contributed by atoms with E-state index in [0.717, 1.165) is 0 Å². The third-order valence-corrected chi connectivity index (χ3v) is 5.33. The zero-order chi connectivity index (χ0) is 20.7. The van der Waals surface area contributed by atoms with Gasteiger partial charge in [0.05, 0.1) is 10.5 Å². The van der Waals surface area contributed by atoms with Crippen LogP contribution in [0.1, 0.15) is 26.9 Å². The second-order valence-corrected chi connectivity index (χ2v) is 7.83. The van der Waals surface area contributed by atoms with Crippen LogP contribution in [0.3, 0.4) is 0 Å². The lowest BCUT2D eigenvalue weighted by Gasteiger charge is -2.05. The molecule has 0 aliphatic carbocycles. The van der Waals surface area contributed by atoms with Crippen molar-refractivity contribution in [2.24, 2.45) is 0 Å². The third kappa shape index (κ3) is 5.45. The molecule has 0 unspecified atom stereocenters. The van der Waals surface area contributed by atoms with Crippen LogP contribution in [0.25, 0.3) is 0 Å². The topological polar surface area (TPSA) is 144 Å². The van der Waals surface area contributed by atoms with Crippen molar-refractivity contribution in [1.82, 2.24) is 25.8 Å². The maximum Gasteiger partial charge on any atom is 0.315 e. The van der Waals surface area contributed by atoms with Crippen molar-refractivity contribution < 1.29 is 22.5 Å². The molecule has 0 aliphatic heterocycles. The molecule has 0 atom stereocenters. The van der Waals surface area contributed by atoms with Crippen LogP contribution < -0.4 is 10.6 Å². The molecule has 11 heteroatoms. The molecule has 2 amide bonds. The molecule has 2 heterocycles. The van der Waals surface area contributed by atoms with E-state index in [-0.39, 0.29) is 35.6 Å². The Morgan fingerprint density at radius 3 is 2.38 bits per heavy atom. The number of benzene rings is 1. The van der Waals surface area contributed by atoms with Crippen LogP contribution in [-0.2, 0) is 15.6 Å². The summed E-state index contributed by atoms with van der Waals surface area (Å²) >= 11 is 0. The normalized spacial score (nSPS) is 11.0. The standard InChI is InChI=1S/C18H17N5O5S/c24-16(13-5-4-8-19-11-13)20-9-10-21-17(25)18-22-15(23-28-18)12-29(26,27)14-6-2-1-3-7-14/h1-8,11H,9-10,12H2,(H,20,24)(H,21,25). The molecule has 0 saturated heterocycles. The highest BCUT2D eigenvalue weighted by Gasteiger charge is 2.21. The molecule has 0 spiro atoms. The monoisotopic (exact) mass is 415 g/mol. The van der Waals surface area contributed by atoms with Gasteiger partial charge >= 0.3 is 11.8 Å². The number of carbonyl (C=O) groups is 2. The SMILES string of the molecule is O=C(NCCNC(=O)c1nc(CS(=O)(=O)c2ccccc2)no1)c1cccnc1. The fourth-order valence-electron chi connectivity index (χ4n) is 2.31. The average molecular weight is 415 g/mol. The molecule has 150 valence electrons. The molecular weight excluding hydrogens is 398 g/mol. The number of sulfone groups is 1. The summed E-state index contributed by atoms with van der Waals surface area (Å²) in [4.78, 5) is 31.7. The summed E-state index contributed by atoms with van der Waals surface area (Å²) in [6.45, 7) is 0.285. The first-order valence-electron chi connectivity index (χ1n) is 8.52. The number of hydrogen-bond acceptors (Lipinski definition) is 8. The Labute approximate surface area is 166 Å². The Kier molecular flexibility index (Phi) is 6.29. The Morgan fingerprint density at radius 2 is 1.69 bits per heavy atom. The van der Waals surface area contributed by atoms with Crippen molar-refractivity contribution in [3.63, 3.8) is 0 Å². The number of amides is 2. The van der Waals surface area contributed by atoms with Crippen LogP contribution >= 0.6 is 0 Å². The maximum absolute atomic E-state index is 12.3. The zero-order valence-electron chi connectivity index (χ0n) is 15.1. The first-order chi connectivity index (χ1) is 14.0. The molecule has 0 radical (unpaired) electrons. The Morgan fingerprint density at radius 1 is 0.966 bits per heavy atom. The number of hydrogen-bond donors (Lipinski definition) is 2. The van der Waals surface area contributed by atoms with Crippen LogP contribution in [0.2, 0.25) is 0 Å². The first-order valence-corrected chi connectivity index (χ1v) is 10.2. The molecule has 0 bridgehead atoms. The van der Waals surface area contributed by atoms with E-state index in [1.54, 1.807) is 36.5 Å². The van der Waals surface area contributed by atoms with Gasteiger partial charge in [-0.15, -0.1) is 0 Å². The van der Waals surface area contributed by atoms with Gasteiger partial charge < -0.3 is 15.2 Å². The highest BCUT2D eigenvalue weighted by atomic mass is 32.2. The summed E-state index contributed by atoms with van der Waals surface area (Å²) in [6.07, 6.45) is 2.98. The molecule has 2 N–H and O–H groups in total. The smallest absolute Gasteiger partial charge is 0.315 e. The van der Waals surface area contributed by atoms with Gasteiger partial charge in [-0.2, -0.15) is 4.98 Å². The van der Waals surface area contributed by atoms with E-state index in [9.17, 15) is 18.0 Å². The lowest BCUT2D eigenvalue weighted by molar-refractivity contribution is 0.0898. The highest BCUT2D eigenvalue weighted by molar-refractivity contribution is 7.90. The number of nitrogens with zero attached hydrogens (tertiary/aromatic N) is 3. The van der Waals surface area contributed by atoms with Crippen molar-refractivity contribution in [2.45, 2.75) is 10.6 Å². The van der Waals surface area contributed by atoms with Gasteiger partial charge in [0.2, 0.25) is 0 Å². The molecular formula is C18H17N5O5S. The summed E-state index contributed by atoms with van der Waals surface area (Å²) in [5.41, 5.74) is 0.403. The van der Waals surface area contributed by atoms with Gasteiger partial charge in [-0.1, -0.05) is 23.4 Å². The number of nitrogens with one attached hydrogen (secondary N) is 2. The molecule has 0 saturated carbocycles. The van der Waals surface area contributed by atoms with Crippen LogP contribution in [-0.4, -0.2) is 48.4 Å². The molecule has 0 aliphatic rings. The van der Waals surface area contributed by atoms with Gasteiger partial charge in [0, 0.05) is 25.5 Å². The largest absolute Gasteiger partial charge is 0.350 e. The van der Waals surface area contributed by atoms with Crippen molar-refractivity contribution in [3.05, 3.63) is 72.1 Å². The lowest BCUT2D eigenvalue weighted by atomic mass is 10.3. The van der Waals surface area contributed by atoms with E-state index < -0.39 is 21.5 Å². The molecule has 10 nitrogen and oxygen atoms in total. The predicted octanol–water partition coefficient (Wildman–Crippen LogP) is 0.598. The quantitative estimate of drug-likeness (QED) is 0.509. The van der Waals surface area contributed by atoms with Crippen LogP contribution in [0.15, 0.2) is 64.3 Å². The van der Waals surface area contributed by atoms with Gasteiger partial charge in [-0.05, 0) is 24.3 Å². The fraction of sp³-hybridized carbons (Fsp3) is 0.167. The van der Waals surface area contributed by atoms with E-state index in [0.29, 0.717) is 5.56 Å². The van der Waals surface area contributed by atoms with Crippen molar-refractivity contribution in [3.8, 4) is 0 Å². The second kappa shape index (κ2) is 9.06. The van der Waals surface area contributed by atoms with Crippen LogP contribution in [0.5, 0.6) is 0 Å². The Balaban J connectivity index is 1.49. The third-order valence-electron chi connectivity index (χ3n) is 3.70. The minimum Gasteiger partial charge on any atom is -0.350 e. The lowest BCUT2D eigenvalue weighted by Crippen LogP contribution is -2.34. The van der Waals surface area contributed by atoms with Gasteiger partial charge in [-0.25, -0.2) is 8.42 Å². The summed E-state index contributed by atoms with van der Waals surface area (Å²) in [5, 5.41) is 8.66. The van der Waals surface area contributed by atoms with Crippen LogP contribution in [0, 0.1) is 0 Å². The predicted molar refractivity (Wildman–Crippen MR) is 101 cm³/mol. The first kappa shape index (κ1) is 20.1. The molecule has 2 aromatic heterocycles. The van der Waals surface area contributed by atoms with Gasteiger partial charge in [0.25, 0.3) is 5.91 Å². The second-order valence-electron chi connectivity index (χ2n) is 5.84. The maximum atomic E-state index is 12.3. The van der Waals surface area contributed by atoms with Gasteiger partial charge in [-0.3, -0.25) is 14.6 Å². The Bertz CT molecular complexity index is 1080. The molecule has 0 fully saturated rings. The number of rotatable bonds is 8. The van der Waals surface area contributed by atoms with E-state index in [1.165, 1.54) is 18.3 Å². The van der Waals surface area contributed by atoms with Gasteiger partial charge in [0.1, 0.15) is 5.75 Å². The van der Waals surface area contributed by atoms with Crippen molar-refractivity contribution >= 4 is 21.7 Å². The van der Waals surface area contributed by atoms with Crippen molar-refractivity contribution in [1.29, 1.82) is 0 Å². The summed E-state index contributed by atoms with van der Waals surface area (Å²) in [7, 11) is -3.65. The molecule has 3 aromatic rings. The highest BCUT2D eigenvalue weighted by Crippen LogP contribution is 2.14. The number of aromatic nitrogens is 3. The van der Waals surface area contributed by atoms with E-state index in [4.69, 9.17) is 4.52 Å². The zero-order valence-corrected chi connectivity index (χ0v) is 15.9. The van der Waals surface area contributed by atoms with Gasteiger partial charge in [0.15, 0.2) is 15.7 Å². The average Bonchev–Trinajstić information content (AvgIpc) is 3.20. The summed E-state index contributed by atoms with van der Waals surface area (Å²) in [6, 6.07) is 11.1. The van der Waals surface area contributed by atoms with E-state index in [2.05, 4.69) is 25.8 Å². The number of carbonyl (C=O) groups excluding carboxylic acids is 2. The Hall–Kier alpha value is -3.60. The van der Waals surface area contributed by atoms with E-state index in [1.807, 2.05) is 0 Å². The summed E-state index contributed by atoms with van der Waals surface area (Å²) in [5.74, 6) is -1.96. The van der Waals surface area contributed by atoms with E-state index >= 15 is 0 Å². The minimum absolute atomic E-state index is 0.116. The summed E-state index contributed by atoms with van der Waals surface area (Å²) < 4.78 is 29.4. The van der Waals surface area contributed by atoms with Crippen LogP contribution in [0.4, 0.5) is 0 Å². The minimum atomic E-state index is -3.65. The van der Waals surface area contributed by atoms with Crippen molar-refractivity contribution in [2.75, 3.05) is 13.1 Å². The molecule has 3 rings (SSSR count). The fourth-order valence-corrected chi connectivity index (χ4v) is 3.51. The molecule has 1 aromatic carbocycles. The molecule has 29 heavy (non-hydrogen) atoms.